The Bertz CT molecular complexity index is 445. The Kier molecular flexibility index (Phi) is 5.31. The third-order valence-electron chi connectivity index (χ3n) is 3.59. The molecule has 1 aromatic heterocycles. The fraction of sp³-hybridized carbons (Fsp3) is 0.571. The van der Waals surface area contributed by atoms with Crippen molar-refractivity contribution < 1.29 is 9.53 Å². The van der Waals surface area contributed by atoms with E-state index in [1.807, 2.05) is 19.1 Å². The fourth-order valence-corrected chi connectivity index (χ4v) is 2.50. The number of nitrogens with one attached hydrogen (secondary N) is 1. The van der Waals surface area contributed by atoms with Gasteiger partial charge in [0, 0.05) is 12.7 Å². The van der Waals surface area contributed by atoms with E-state index in [1.54, 1.807) is 6.20 Å². The number of hydrogen-bond donors (Lipinski definition) is 2. The highest BCUT2D eigenvalue weighted by molar-refractivity contribution is 5.72. The van der Waals surface area contributed by atoms with Crippen molar-refractivity contribution in [3.8, 4) is 0 Å². The number of carbonyl (C=O) groups excluding carboxylic acids is 1. The summed E-state index contributed by atoms with van der Waals surface area (Å²) in [5, 5.41) is 0. The molecule has 1 aromatic rings. The van der Waals surface area contributed by atoms with E-state index >= 15 is 0 Å². The van der Waals surface area contributed by atoms with E-state index in [2.05, 4.69) is 15.3 Å². The van der Waals surface area contributed by atoms with Gasteiger partial charge < -0.3 is 10.2 Å². The molecule has 0 unspecified atom stereocenters. The Balaban J connectivity index is 1.83. The molecule has 1 saturated heterocycles. The number of nitrogen functional groups attached to an aromatic ring is 1. The molecule has 0 radical (unpaired) electrons. The van der Waals surface area contributed by atoms with Crippen LogP contribution in [0.15, 0.2) is 18.3 Å². The Morgan fingerprint density at radius 1 is 1.55 bits per heavy atom. The second-order valence-electron chi connectivity index (χ2n) is 5.00. The minimum atomic E-state index is -0.0503. The molecule has 3 N–H and O–H groups in total. The first-order valence-electron chi connectivity index (χ1n) is 7.03. The van der Waals surface area contributed by atoms with Crippen LogP contribution in [0.1, 0.15) is 25.3 Å². The van der Waals surface area contributed by atoms with Crippen LogP contribution in [0.2, 0.25) is 0 Å². The van der Waals surface area contributed by atoms with Crippen molar-refractivity contribution in [3.05, 3.63) is 23.9 Å². The monoisotopic (exact) mass is 278 g/mol. The van der Waals surface area contributed by atoms with E-state index in [4.69, 9.17) is 10.6 Å². The van der Waals surface area contributed by atoms with E-state index in [0.717, 1.165) is 32.5 Å². The molecule has 0 aromatic carbocycles. The number of nitrogens with two attached hydrogens (primary N) is 1. The average Bonchev–Trinajstić information content (AvgIpc) is 2.48. The van der Waals surface area contributed by atoms with Gasteiger partial charge in [-0.05, 0) is 50.6 Å². The van der Waals surface area contributed by atoms with E-state index in [-0.39, 0.29) is 11.9 Å². The number of hydrogen-bond acceptors (Lipinski definition) is 6. The zero-order valence-corrected chi connectivity index (χ0v) is 11.8. The summed E-state index contributed by atoms with van der Waals surface area (Å²) in [4.78, 5) is 18.1. The predicted molar refractivity (Wildman–Crippen MR) is 76.7 cm³/mol. The molecule has 1 fully saturated rings. The first-order chi connectivity index (χ1) is 9.72. The number of esters is 1. The molecule has 6 heteroatoms. The van der Waals surface area contributed by atoms with Crippen LogP contribution >= 0.6 is 0 Å². The minimum absolute atomic E-state index is 0.0503. The molecular formula is C14H22N4O2. The smallest absolute Gasteiger partial charge is 0.309 e. The predicted octanol–water partition coefficient (Wildman–Crippen LogP) is 1.14. The molecule has 20 heavy (non-hydrogen) atoms. The summed E-state index contributed by atoms with van der Waals surface area (Å²) < 4.78 is 5.08. The number of rotatable bonds is 5. The Morgan fingerprint density at radius 3 is 2.95 bits per heavy atom. The zero-order chi connectivity index (χ0) is 14.4. The molecule has 0 saturated carbocycles. The Labute approximate surface area is 119 Å². The lowest BCUT2D eigenvalue weighted by Gasteiger charge is -2.30. The number of likely N-dealkylation sites (tertiary alicyclic amines) is 1. The Morgan fingerprint density at radius 2 is 2.30 bits per heavy atom. The topological polar surface area (TPSA) is 80.5 Å². The molecule has 0 atom stereocenters. The highest BCUT2D eigenvalue weighted by Gasteiger charge is 2.25. The van der Waals surface area contributed by atoms with Crippen LogP contribution in [-0.2, 0) is 16.1 Å². The maximum Gasteiger partial charge on any atom is 0.309 e. The zero-order valence-electron chi connectivity index (χ0n) is 11.8. The summed E-state index contributed by atoms with van der Waals surface area (Å²) in [5.41, 5.74) is 3.72. The lowest BCUT2D eigenvalue weighted by molar-refractivity contribution is -0.149. The molecule has 110 valence electrons. The van der Waals surface area contributed by atoms with Crippen molar-refractivity contribution in [1.82, 2.24) is 9.88 Å². The maximum atomic E-state index is 11.7. The van der Waals surface area contributed by atoms with E-state index in [9.17, 15) is 4.79 Å². The van der Waals surface area contributed by atoms with Gasteiger partial charge in [-0.3, -0.25) is 9.69 Å². The van der Waals surface area contributed by atoms with Crippen LogP contribution in [0.25, 0.3) is 0 Å². The number of pyridine rings is 1. The van der Waals surface area contributed by atoms with Crippen molar-refractivity contribution in [1.29, 1.82) is 0 Å². The number of aromatic nitrogens is 1. The molecule has 0 aliphatic carbocycles. The van der Waals surface area contributed by atoms with E-state index in [0.29, 0.717) is 12.4 Å². The number of carbonyl (C=O) groups is 1. The Hall–Kier alpha value is -1.66. The van der Waals surface area contributed by atoms with Crippen LogP contribution in [0.4, 0.5) is 5.82 Å². The van der Waals surface area contributed by atoms with Crippen molar-refractivity contribution in [2.45, 2.75) is 26.3 Å². The molecule has 1 aliphatic rings. The summed E-state index contributed by atoms with van der Waals surface area (Å²) in [5.74, 6) is 6.03. The first-order valence-corrected chi connectivity index (χ1v) is 7.03. The van der Waals surface area contributed by atoms with E-state index in [1.165, 1.54) is 5.56 Å². The normalized spacial score (nSPS) is 16.9. The third kappa shape index (κ3) is 3.91. The molecule has 6 nitrogen and oxygen atoms in total. The van der Waals surface area contributed by atoms with Crippen molar-refractivity contribution in [2.75, 3.05) is 25.1 Å². The number of ether oxygens (including phenoxy) is 1. The maximum absolute atomic E-state index is 11.7. The molecule has 2 heterocycles. The van der Waals surface area contributed by atoms with Gasteiger partial charge in [0.25, 0.3) is 0 Å². The molecule has 0 spiro atoms. The van der Waals surface area contributed by atoms with Gasteiger partial charge in [-0.25, -0.2) is 10.8 Å². The first kappa shape index (κ1) is 14.7. The second kappa shape index (κ2) is 7.21. The van der Waals surface area contributed by atoms with Gasteiger partial charge in [0.05, 0.1) is 12.5 Å². The van der Waals surface area contributed by atoms with Crippen molar-refractivity contribution >= 4 is 11.8 Å². The highest BCUT2D eigenvalue weighted by Crippen LogP contribution is 2.20. The molecule has 1 aliphatic heterocycles. The fourth-order valence-electron chi connectivity index (χ4n) is 2.50. The van der Waals surface area contributed by atoms with E-state index < -0.39 is 0 Å². The van der Waals surface area contributed by atoms with Crippen LogP contribution in [0.5, 0.6) is 0 Å². The lowest BCUT2D eigenvalue weighted by atomic mass is 9.97. The summed E-state index contributed by atoms with van der Waals surface area (Å²) >= 11 is 0. The van der Waals surface area contributed by atoms with Crippen LogP contribution in [0, 0.1) is 5.92 Å². The molecule has 0 bridgehead atoms. The van der Waals surface area contributed by atoms with Crippen molar-refractivity contribution in [3.63, 3.8) is 0 Å². The van der Waals surface area contributed by atoms with Gasteiger partial charge in [0.1, 0.15) is 5.82 Å². The third-order valence-corrected chi connectivity index (χ3v) is 3.59. The van der Waals surface area contributed by atoms with Crippen LogP contribution in [0.3, 0.4) is 0 Å². The quantitative estimate of drug-likeness (QED) is 0.477. The number of nitrogens with zero attached hydrogens (tertiary/aromatic N) is 2. The molecule has 0 amide bonds. The second-order valence-corrected chi connectivity index (χ2v) is 5.00. The minimum Gasteiger partial charge on any atom is -0.466 e. The van der Waals surface area contributed by atoms with Gasteiger partial charge >= 0.3 is 5.97 Å². The summed E-state index contributed by atoms with van der Waals surface area (Å²) in [6, 6.07) is 3.93. The molecular weight excluding hydrogens is 256 g/mol. The number of anilines is 1. The lowest BCUT2D eigenvalue weighted by Crippen LogP contribution is -2.36. The standard InChI is InChI=1S/C14H22N4O2/c1-2-20-14(19)12-4-7-18(8-5-12)10-11-3-6-16-13(9-11)17-15/h3,6,9,12H,2,4-5,7-8,10,15H2,1H3,(H,16,17). The van der Waals surface area contributed by atoms with Gasteiger partial charge in [-0.15, -0.1) is 0 Å². The van der Waals surface area contributed by atoms with Gasteiger partial charge in [-0.1, -0.05) is 0 Å². The summed E-state index contributed by atoms with van der Waals surface area (Å²) in [6.07, 6.45) is 3.48. The molecule has 2 rings (SSSR count). The highest BCUT2D eigenvalue weighted by atomic mass is 16.5. The largest absolute Gasteiger partial charge is 0.466 e. The summed E-state index contributed by atoms with van der Waals surface area (Å²) in [6.45, 7) is 4.99. The van der Waals surface area contributed by atoms with Gasteiger partial charge in [0.2, 0.25) is 0 Å². The van der Waals surface area contributed by atoms with Crippen LogP contribution < -0.4 is 11.3 Å². The SMILES string of the molecule is CCOC(=O)C1CCN(Cc2ccnc(NN)c2)CC1. The van der Waals surface area contributed by atoms with Crippen LogP contribution in [-0.4, -0.2) is 35.5 Å². The van der Waals surface area contributed by atoms with Gasteiger partial charge in [-0.2, -0.15) is 0 Å². The summed E-state index contributed by atoms with van der Waals surface area (Å²) in [7, 11) is 0. The number of piperidine rings is 1. The number of hydrazine groups is 1. The van der Waals surface area contributed by atoms with Crippen molar-refractivity contribution in [2.24, 2.45) is 11.8 Å². The average molecular weight is 278 g/mol. The van der Waals surface area contributed by atoms with Gasteiger partial charge in [0.15, 0.2) is 0 Å².